The molecule has 0 bridgehead atoms. The largest absolute Gasteiger partial charge is 0.336 e. The predicted molar refractivity (Wildman–Crippen MR) is 99.2 cm³/mol. The van der Waals surface area contributed by atoms with Crippen LogP contribution in [-0.4, -0.2) is 26.7 Å². The fourth-order valence-electron chi connectivity index (χ4n) is 2.84. The number of hydrogen-bond donors (Lipinski definition) is 1. The molecule has 7 nitrogen and oxygen atoms in total. The summed E-state index contributed by atoms with van der Waals surface area (Å²) in [7, 11) is -2.31. The second kappa shape index (κ2) is 6.80. The molecule has 0 aliphatic rings. The smallest absolute Gasteiger partial charge is 0.243 e. The average Bonchev–Trinajstić information content (AvgIpc) is 3.28. The van der Waals surface area contributed by atoms with E-state index in [2.05, 4.69) is 18.5 Å². The van der Waals surface area contributed by atoms with E-state index in [0.717, 1.165) is 11.7 Å². The summed E-state index contributed by atoms with van der Waals surface area (Å²) in [4.78, 5) is 4.20. The van der Waals surface area contributed by atoms with Crippen LogP contribution >= 0.6 is 11.7 Å². The molecule has 10 heteroatoms. The van der Waals surface area contributed by atoms with Crippen molar-refractivity contribution in [2.24, 2.45) is 7.05 Å². The molecular formula is C17H14FN5O2S2. The van der Waals surface area contributed by atoms with E-state index < -0.39 is 21.9 Å². The number of imidazole rings is 1. The molecule has 2 aromatic heterocycles. The third-order valence-corrected chi connectivity index (χ3v) is 6.14. The van der Waals surface area contributed by atoms with E-state index in [9.17, 15) is 12.8 Å². The van der Waals surface area contributed by atoms with Crippen LogP contribution in [0.5, 0.6) is 0 Å². The first-order valence-corrected chi connectivity index (χ1v) is 10.1. The number of rotatable bonds is 5. The highest BCUT2D eigenvalue weighted by atomic mass is 32.2. The second-order valence-electron chi connectivity index (χ2n) is 5.86. The normalized spacial score (nSPS) is 13.1. The van der Waals surface area contributed by atoms with Gasteiger partial charge in [0.05, 0.1) is 11.7 Å². The minimum atomic E-state index is -4.03. The van der Waals surface area contributed by atoms with Crippen molar-refractivity contribution in [3.05, 3.63) is 72.1 Å². The van der Waals surface area contributed by atoms with Crippen LogP contribution in [0.3, 0.4) is 0 Å². The maximum atomic E-state index is 14.5. The molecule has 0 amide bonds. The monoisotopic (exact) mass is 403 g/mol. The molecule has 0 spiro atoms. The quantitative estimate of drug-likeness (QED) is 0.553. The summed E-state index contributed by atoms with van der Waals surface area (Å²) in [5.74, 6) is -0.158. The predicted octanol–water partition coefficient (Wildman–Crippen LogP) is 2.63. The first-order valence-electron chi connectivity index (χ1n) is 7.92. The topological polar surface area (TPSA) is 89.8 Å². The summed E-state index contributed by atoms with van der Waals surface area (Å²) in [5.41, 5.74) is 0.948. The van der Waals surface area contributed by atoms with Gasteiger partial charge in [-0.15, -0.1) is 0 Å². The number of sulfonamides is 1. The van der Waals surface area contributed by atoms with Gasteiger partial charge < -0.3 is 4.57 Å². The molecule has 0 aliphatic carbocycles. The van der Waals surface area contributed by atoms with E-state index >= 15 is 0 Å². The fourth-order valence-corrected chi connectivity index (χ4v) is 4.78. The molecule has 138 valence electrons. The lowest BCUT2D eigenvalue weighted by molar-refractivity contribution is 0.545. The van der Waals surface area contributed by atoms with E-state index in [-0.39, 0.29) is 16.0 Å². The van der Waals surface area contributed by atoms with Gasteiger partial charge >= 0.3 is 0 Å². The van der Waals surface area contributed by atoms with Crippen molar-refractivity contribution in [3.8, 4) is 0 Å². The van der Waals surface area contributed by atoms with Gasteiger partial charge in [-0.3, -0.25) is 0 Å². The van der Waals surface area contributed by atoms with Crippen LogP contribution in [0, 0.1) is 5.82 Å². The lowest BCUT2D eigenvalue weighted by atomic mass is 10.1. The Morgan fingerprint density at radius 1 is 1.15 bits per heavy atom. The maximum Gasteiger partial charge on any atom is 0.243 e. The molecule has 0 saturated carbocycles. The van der Waals surface area contributed by atoms with Gasteiger partial charge in [0.1, 0.15) is 33.6 Å². The van der Waals surface area contributed by atoms with Crippen molar-refractivity contribution < 1.29 is 12.8 Å². The number of nitrogens with one attached hydrogen (secondary N) is 1. The van der Waals surface area contributed by atoms with Gasteiger partial charge in [-0.1, -0.05) is 24.3 Å². The van der Waals surface area contributed by atoms with E-state index in [1.807, 2.05) is 0 Å². The molecule has 0 radical (unpaired) electrons. The van der Waals surface area contributed by atoms with Crippen LogP contribution in [0.2, 0.25) is 0 Å². The molecule has 2 aromatic carbocycles. The van der Waals surface area contributed by atoms with Crippen LogP contribution in [0.15, 0.2) is 59.8 Å². The van der Waals surface area contributed by atoms with Crippen molar-refractivity contribution in [1.82, 2.24) is 23.0 Å². The van der Waals surface area contributed by atoms with Crippen molar-refractivity contribution in [2.75, 3.05) is 0 Å². The second-order valence-corrected chi connectivity index (χ2v) is 8.07. The highest BCUT2D eigenvalue weighted by Crippen LogP contribution is 2.27. The summed E-state index contributed by atoms with van der Waals surface area (Å²) in [6.07, 6.45) is 3.20. The molecule has 1 unspecified atom stereocenters. The molecule has 4 aromatic rings. The summed E-state index contributed by atoms with van der Waals surface area (Å²) in [6, 6.07) is 9.73. The first-order chi connectivity index (χ1) is 13.0. The van der Waals surface area contributed by atoms with Crippen LogP contribution in [0.4, 0.5) is 4.39 Å². The average molecular weight is 403 g/mol. The van der Waals surface area contributed by atoms with Crippen molar-refractivity contribution in [3.63, 3.8) is 0 Å². The minimum Gasteiger partial charge on any atom is -0.336 e. The summed E-state index contributed by atoms with van der Waals surface area (Å²) >= 11 is 0.932. The molecule has 0 fully saturated rings. The van der Waals surface area contributed by atoms with Crippen LogP contribution in [0.1, 0.15) is 17.4 Å². The molecule has 1 atom stereocenters. The van der Waals surface area contributed by atoms with E-state index in [4.69, 9.17) is 0 Å². The van der Waals surface area contributed by atoms with Crippen molar-refractivity contribution >= 4 is 32.8 Å². The molecule has 27 heavy (non-hydrogen) atoms. The SMILES string of the molecule is Cn1ccnc1C(NS(=O)(=O)c1cccc2nsnc12)c1ccccc1F. The van der Waals surface area contributed by atoms with Gasteiger partial charge in [-0.05, 0) is 18.2 Å². The zero-order valence-electron chi connectivity index (χ0n) is 14.1. The van der Waals surface area contributed by atoms with E-state index in [1.54, 1.807) is 42.1 Å². The summed E-state index contributed by atoms with van der Waals surface area (Å²) in [6.45, 7) is 0. The molecule has 4 rings (SSSR count). The van der Waals surface area contributed by atoms with Crippen molar-refractivity contribution in [1.29, 1.82) is 0 Å². The zero-order valence-corrected chi connectivity index (χ0v) is 15.7. The summed E-state index contributed by atoms with van der Waals surface area (Å²) < 4.78 is 53.0. The van der Waals surface area contributed by atoms with Crippen LogP contribution < -0.4 is 4.72 Å². The Morgan fingerprint density at radius 3 is 2.70 bits per heavy atom. The number of halogens is 1. The zero-order chi connectivity index (χ0) is 19.0. The number of nitrogens with zero attached hydrogens (tertiary/aromatic N) is 4. The summed E-state index contributed by atoms with van der Waals surface area (Å²) in [5, 5.41) is 0. The number of aryl methyl sites for hydroxylation is 1. The van der Waals surface area contributed by atoms with Gasteiger partial charge in [0.2, 0.25) is 10.0 Å². The van der Waals surface area contributed by atoms with Crippen molar-refractivity contribution in [2.45, 2.75) is 10.9 Å². The molecule has 0 aliphatic heterocycles. The highest BCUT2D eigenvalue weighted by Gasteiger charge is 2.29. The standard InChI is InChI=1S/C17H14FN5O2S2/c1-23-10-9-19-17(23)15(11-5-2-3-6-12(11)18)22-27(24,25)14-8-4-7-13-16(14)21-26-20-13/h2-10,15,22H,1H3. The Kier molecular flexibility index (Phi) is 4.46. The Morgan fingerprint density at radius 2 is 1.96 bits per heavy atom. The third kappa shape index (κ3) is 3.22. The van der Waals surface area contributed by atoms with Crippen LogP contribution in [0.25, 0.3) is 11.0 Å². The lowest BCUT2D eigenvalue weighted by Crippen LogP contribution is -2.32. The Balaban J connectivity index is 1.84. The number of hydrogen-bond acceptors (Lipinski definition) is 6. The molecular weight excluding hydrogens is 389 g/mol. The lowest BCUT2D eigenvalue weighted by Gasteiger charge is -2.19. The third-order valence-electron chi connectivity index (χ3n) is 4.14. The molecule has 1 N–H and O–H groups in total. The van der Waals surface area contributed by atoms with Gasteiger partial charge in [0.15, 0.2) is 0 Å². The van der Waals surface area contributed by atoms with E-state index in [0.29, 0.717) is 11.3 Å². The maximum absolute atomic E-state index is 14.5. The first kappa shape index (κ1) is 17.7. The highest BCUT2D eigenvalue weighted by molar-refractivity contribution is 7.89. The molecule has 0 saturated heterocycles. The number of fused-ring (bicyclic) bond motifs is 1. The fraction of sp³-hybridized carbons (Fsp3) is 0.118. The molecule has 2 heterocycles. The van der Waals surface area contributed by atoms with E-state index in [1.165, 1.54) is 24.4 Å². The Bertz CT molecular complexity index is 1220. The van der Waals surface area contributed by atoms with Gasteiger partial charge in [0.25, 0.3) is 0 Å². The Labute approximate surface area is 158 Å². The van der Waals surface area contributed by atoms with Gasteiger partial charge in [-0.25, -0.2) is 17.8 Å². The van der Waals surface area contributed by atoms with Crippen LogP contribution in [-0.2, 0) is 17.1 Å². The van der Waals surface area contributed by atoms with Gasteiger partial charge in [-0.2, -0.15) is 13.5 Å². The van der Waals surface area contributed by atoms with Gasteiger partial charge in [0, 0.05) is 25.0 Å². The minimum absolute atomic E-state index is 0.00991. The Hall–Kier alpha value is -2.69. The number of aromatic nitrogens is 4. The number of benzene rings is 2.